The Bertz CT molecular complexity index is 250. The lowest BCUT2D eigenvalue weighted by Gasteiger charge is -2.02. The predicted molar refractivity (Wildman–Crippen MR) is 50.1 cm³/mol. The molecule has 0 aliphatic rings. The minimum Gasteiger partial charge on any atom is -0.330 e. The van der Waals surface area contributed by atoms with Crippen LogP contribution < -0.4 is 0 Å². The largest absolute Gasteiger partial charge is 0.330 e. The highest BCUT2D eigenvalue weighted by Crippen LogP contribution is 2.22. The second-order valence-electron chi connectivity index (χ2n) is 2.32. The normalized spacial score (nSPS) is 10.1. The standard InChI is InChI=1S/C8H9ClOS/c1-6-3-2-4-7(5-11-10)8(6)9/h2-4,10H,5H2,1H3. The van der Waals surface area contributed by atoms with Crippen molar-refractivity contribution in [2.24, 2.45) is 0 Å². The maximum absolute atomic E-state index is 8.59. The molecule has 1 aromatic rings. The number of hydrogen-bond donors (Lipinski definition) is 1. The van der Waals surface area contributed by atoms with E-state index in [9.17, 15) is 0 Å². The van der Waals surface area contributed by atoms with Crippen molar-refractivity contribution < 1.29 is 4.55 Å². The smallest absolute Gasteiger partial charge is 0.0476 e. The Hall–Kier alpha value is -0.180. The zero-order chi connectivity index (χ0) is 8.27. The lowest BCUT2D eigenvalue weighted by molar-refractivity contribution is 0.663. The van der Waals surface area contributed by atoms with Crippen molar-refractivity contribution in [1.29, 1.82) is 0 Å². The van der Waals surface area contributed by atoms with Gasteiger partial charge in [-0.2, -0.15) is 0 Å². The first-order chi connectivity index (χ1) is 5.25. The molecule has 1 rings (SSSR count). The topological polar surface area (TPSA) is 20.2 Å². The summed E-state index contributed by atoms with van der Waals surface area (Å²) < 4.78 is 8.59. The quantitative estimate of drug-likeness (QED) is 0.719. The molecule has 0 aliphatic heterocycles. The van der Waals surface area contributed by atoms with Crippen molar-refractivity contribution in [3.05, 3.63) is 34.3 Å². The van der Waals surface area contributed by atoms with E-state index in [0.29, 0.717) is 5.75 Å². The summed E-state index contributed by atoms with van der Waals surface area (Å²) in [5, 5.41) is 0.758. The molecule has 0 aromatic heterocycles. The molecule has 1 nitrogen and oxygen atoms in total. The van der Waals surface area contributed by atoms with Crippen molar-refractivity contribution in [1.82, 2.24) is 0 Å². The Morgan fingerprint density at radius 2 is 2.27 bits per heavy atom. The van der Waals surface area contributed by atoms with Gasteiger partial charge < -0.3 is 4.55 Å². The monoisotopic (exact) mass is 188 g/mol. The van der Waals surface area contributed by atoms with Crippen LogP contribution in [-0.2, 0) is 5.75 Å². The maximum Gasteiger partial charge on any atom is 0.0476 e. The molecule has 0 atom stereocenters. The van der Waals surface area contributed by atoms with Gasteiger partial charge >= 0.3 is 0 Å². The van der Waals surface area contributed by atoms with E-state index in [2.05, 4.69) is 0 Å². The summed E-state index contributed by atoms with van der Waals surface area (Å²) in [5.74, 6) is 0.556. The fraction of sp³-hybridized carbons (Fsp3) is 0.250. The molecular formula is C8H9ClOS. The molecule has 0 heterocycles. The summed E-state index contributed by atoms with van der Waals surface area (Å²) in [5.41, 5.74) is 2.04. The summed E-state index contributed by atoms with van der Waals surface area (Å²) >= 11 is 6.74. The van der Waals surface area contributed by atoms with Crippen molar-refractivity contribution >= 4 is 23.6 Å². The maximum atomic E-state index is 8.59. The van der Waals surface area contributed by atoms with Gasteiger partial charge in [0.05, 0.1) is 0 Å². The van der Waals surface area contributed by atoms with Crippen LogP contribution in [0, 0.1) is 6.92 Å². The summed E-state index contributed by atoms with van der Waals surface area (Å²) in [6.45, 7) is 1.95. The highest BCUT2D eigenvalue weighted by atomic mass is 35.5. The molecular weight excluding hydrogens is 180 g/mol. The highest BCUT2D eigenvalue weighted by Gasteiger charge is 2.00. The molecule has 3 heteroatoms. The first-order valence-electron chi connectivity index (χ1n) is 3.26. The number of halogens is 1. The Labute approximate surface area is 75.6 Å². The van der Waals surface area contributed by atoms with E-state index in [1.54, 1.807) is 0 Å². The second kappa shape index (κ2) is 4.00. The van der Waals surface area contributed by atoms with Crippen LogP contribution in [0.15, 0.2) is 18.2 Å². The van der Waals surface area contributed by atoms with E-state index < -0.39 is 0 Å². The third-order valence-corrected chi connectivity index (χ3v) is 2.47. The SMILES string of the molecule is Cc1cccc(CSO)c1Cl. The van der Waals surface area contributed by atoms with Crippen molar-refractivity contribution in [2.75, 3.05) is 0 Å². The Balaban J connectivity index is 2.96. The molecule has 0 amide bonds. The molecule has 0 spiro atoms. The van der Waals surface area contributed by atoms with Gasteiger partial charge in [0.2, 0.25) is 0 Å². The summed E-state index contributed by atoms with van der Waals surface area (Å²) in [4.78, 5) is 0. The van der Waals surface area contributed by atoms with E-state index in [1.807, 2.05) is 25.1 Å². The van der Waals surface area contributed by atoms with Gasteiger partial charge in [-0.05, 0) is 30.1 Å². The molecule has 1 aromatic carbocycles. The summed E-state index contributed by atoms with van der Waals surface area (Å²) in [6.07, 6.45) is 0. The molecule has 0 saturated heterocycles. The van der Waals surface area contributed by atoms with Gasteiger partial charge in [0.25, 0.3) is 0 Å². The molecule has 0 radical (unpaired) electrons. The van der Waals surface area contributed by atoms with Crippen LogP contribution in [0.5, 0.6) is 0 Å². The van der Waals surface area contributed by atoms with Gasteiger partial charge in [0.1, 0.15) is 0 Å². The number of aryl methyl sites for hydroxylation is 1. The number of rotatable bonds is 2. The Morgan fingerprint density at radius 3 is 2.91 bits per heavy atom. The van der Waals surface area contributed by atoms with Crippen LogP contribution in [0.2, 0.25) is 5.02 Å². The molecule has 0 fully saturated rings. The van der Waals surface area contributed by atoms with E-state index in [1.165, 1.54) is 0 Å². The van der Waals surface area contributed by atoms with Crippen LogP contribution in [0.25, 0.3) is 0 Å². The minimum absolute atomic E-state index is 0.556. The highest BCUT2D eigenvalue weighted by molar-refractivity contribution is 7.92. The molecule has 0 aliphatic carbocycles. The van der Waals surface area contributed by atoms with Gasteiger partial charge in [-0.15, -0.1) is 0 Å². The van der Waals surface area contributed by atoms with Crippen LogP contribution >= 0.6 is 23.6 Å². The van der Waals surface area contributed by atoms with E-state index >= 15 is 0 Å². The van der Waals surface area contributed by atoms with Crippen molar-refractivity contribution in [3.63, 3.8) is 0 Å². The molecule has 0 bridgehead atoms. The molecule has 11 heavy (non-hydrogen) atoms. The summed E-state index contributed by atoms with van der Waals surface area (Å²) in [6, 6.07) is 5.80. The molecule has 0 unspecified atom stereocenters. The lowest BCUT2D eigenvalue weighted by Crippen LogP contribution is -1.84. The Kier molecular flexibility index (Phi) is 3.24. The van der Waals surface area contributed by atoms with Crippen LogP contribution in [0.4, 0.5) is 0 Å². The van der Waals surface area contributed by atoms with Crippen molar-refractivity contribution in [3.8, 4) is 0 Å². The van der Waals surface area contributed by atoms with Gasteiger partial charge in [-0.3, -0.25) is 0 Å². The summed E-state index contributed by atoms with van der Waals surface area (Å²) in [7, 11) is 0. The molecule has 0 saturated carbocycles. The van der Waals surface area contributed by atoms with Crippen molar-refractivity contribution in [2.45, 2.75) is 12.7 Å². The zero-order valence-electron chi connectivity index (χ0n) is 6.17. The fourth-order valence-electron chi connectivity index (χ4n) is 0.889. The fourth-order valence-corrected chi connectivity index (χ4v) is 1.54. The van der Waals surface area contributed by atoms with Gasteiger partial charge in [-0.25, -0.2) is 0 Å². The third-order valence-electron chi connectivity index (χ3n) is 1.49. The van der Waals surface area contributed by atoms with Crippen LogP contribution in [-0.4, -0.2) is 4.55 Å². The second-order valence-corrected chi connectivity index (χ2v) is 3.25. The molecule has 1 N–H and O–H groups in total. The number of benzene rings is 1. The Morgan fingerprint density at radius 1 is 1.55 bits per heavy atom. The van der Waals surface area contributed by atoms with E-state index in [0.717, 1.165) is 28.2 Å². The molecule has 60 valence electrons. The first-order valence-corrected chi connectivity index (χ1v) is 4.58. The van der Waals surface area contributed by atoms with E-state index in [4.69, 9.17) is 16.2 Å². The van der Waals surface area contributed by atoms with Crippen LogP contribution in [0.1, 0.15) is 11.1 Å². The zero-order valence-corrected chi connectivity index (χ0v) is 7.75. The van der Waals surface area contributed by atoms with Crippen LogP contribution in [0.3, 0.4) is 0 Å². The van der Waals surface area contributed by atoms with Gasteiger partial charge in [0.15, 0.2) is 0 Å². The first kappa shape index (κ1) is 8.91. The minimum atomic E-state index is 0.556. The average Bonchev–Trinajstić information content (AvgIpc) is 1.99. The average molecular weight is 189 g/mol. The van der Waals surface area contributed by atoms with Gasteiger partial charge in [0, 0.05) is 10.8 Å². The third kappa shape index (κ3) is 2.12. The van der Waals surface area contributed by atoms with E-state index in [-0.39, 0.29) is 0 Å². The lowest BCUT2D eigenvalue weighted by atomic mass is 10.2. The number of hydrogen-bond acceptors (Lipinski definition) is 2. The van der Waals surface area contributed by atoms with Gasteiger partial charge in [-0.1, -0.05) is 29.8 Å². The predicted octanol–water partition coefficient (Wildman–Crippen LogP) is 3.35.